The maximum absolute atomic E-state index is 13.7. The molecule has 0 aliphatic carbocycles. The minimum Gasteiger partial charge on any atom is -0.496 e. The van der Waals surface area contributed by atoms with Crippen molar-refractivity contribution < 1.29 is 14.2 Å². The third-order valence-corrected chi connectivity index (χ3v) is 7.61. The summed E-state index contributed by atoms with van der Waals surface area (Å²) in [4.78, 5) is 13.7. The number of benzene rings is 5. The van der Waals surface area contributed by atoms with Crippen LogP contribution in [-0.4, -0.2) is 18.5 Å². The van der Waals surface area contributed by atoms with Gasteiger partial charge in [-0.15, -0.1) is 0 Å². The second-order valence-electron chi connectivity index (χ2n) is 9.72. The Labute approximate surface area is 219 Å². The minimum atomic E-state index is -0.107. The number of fused-ring (bicyclic) bond motifs is 7. The number of hydrogen-bond donors (Lipinski definition) is 0. The second kappa shape index (κ2) is 8.38. The Balaban J connectivity index is 1.59. The van der Waals surface area contributed by atoms with Crippen LogP contribution in [0.25, 0.3) is 54.7 Å². The predicted octanol–water partition coefficient (Wildman–Crippen LogP) is 7.22. The van der Waals surface area contributed by atoms with E-state index in [0.29, 0.717) is 16.9 Å². The molecule has 0 bridgehead atoms. The quantitative estimate of drug-likeness (QED) is 0.241. The van der Waals surface area contributed by atoms with Gasteiger partial charge in [-0.2, -0.15) is 0 Å². The highest BCUT2D eigenvalue weighted by Crippen LogP contribution is 2.43. The van der Waals surface area contributed by atoms with Gasteiger partial charge in [-0.05, 0) is 70.5 Å². The van der Waals surface area contributed by atoms with Gasteiger partial charge in [0.2, 0.25) is 6.79 Å². The highest BCUT2D eigenvalue weighted by atomic mass is 16.7. The molecule has 1 aliphatic rings. The Morgan fingerprint density at radius 2 is 1.47 bits per heavy atom. The van der Waals surface area contributed by atoms with Crippen molar-refractivity contribution in [2.24, 2.45) is 7.05 Å². The molecule has 186 valence electrons. The number of pyridine rings is 1. The first-order valence-corrected chi connectivity index (χ1v) is 12.6. The summed E-state index contributed by atoms with van der Waals surface area (Å²) in [7, 11) is 3.52. The largest absolute Gasteiger partial charge is 0.496 e. The molecule has 0 atom stereocenters. The summed E-state index contributed by atoms with van der Waals surface area (Å²) >= 11 is 0. The molecule has 0 saturated carbocycles. The van der Waals surface area contributed by atoms with Crippen LogP contribution in [0.2, 0.25) is 0 Å². The molecular weight excluding hydrogens is 474 g/mol. The summed E-state index contributed by atoms with van der Waals surface area (Å²) in [5.41, 5.74) is 6.28. The normalized spacial score (nSPS) is 12.5. The Kier molecular flexibility index (Phi) is 4.95. The first-order valence-electron chi connectivity index (χ1n) is 12.6. The number of ether oxygens (including phenoxy) is 3. The number of nitrogens with zero attached hydrogens (tertiary/aromatic N) is 1. The first kappa shape index (κ1) is 22.4. The van der Waals surface area contributed by atoms with E-state index in [1.54, 1.807) is 11.7 Å². The van der Waals surface area contributed by atoms with Gasteiger partial charge in [0.05, 0.1) is 18.0 Å². The fourth-order valence-corrected chi connectivity index (χ4v) is 5.72. The van der Waals surface area contributed by atoms with Gasteiger partial charge in [-0.1, -0.05) is 54.6 Å². The summed E-state index contributed by atoms with van der Waals surface area (Å²) in [5.74, 6) is 1.94. The van der Waals surface area contributed by atoms with E-state index in [0.717, 1.165) is 55.1 Å². The van der Waals surface area contributed by atoms with Gasteiger partial charge >= 0.3 is 0 Å². The van der Waals surface area contributed by atoms with Crippen LogP contribution >= 0.6 is 0 Å². The highest BCUT2D eigenvalue weighted by Gasteiger charge is 2.23. The standard InChI is InChI=1S/C33H25NO4/c1-19-15-26-25(17-29(19)36-3)24(22-11-9-21(10-12-22)20-7-5-4-6-8-20)16-27-23-13-14-28-32(38-18-37-28)30(23)33(35)34(2)31(26)27/h4-17H,18H2,1-3H3. The maximum atomic E-state index is 13.7. The van der Waals surface area contributed by atoms with Crippen molar-refractivity contribution >= 4 is 32.4 Å². The van der Waals surface area contributed by atoms with E-state index in [9.17, 15) is 4.79 Å². The average molecular weight is 500 g/mol. The number of aromatic nitrogens is 1. The maximum Gasteiger partial charge on any atom is 0.262 e. The van der Waals surface area contributed by atoms with E-state index >= 15 is 0 Å². The highest BCUT2D eigenvalue weighted by molar-refractivity contribution is 6.20. The molecule has 0 spiro atoms. The fraction of sp³-hybridized carbons (Fsp3) is 0.121. The summed E-state index contributed by atoms with van der Waals surface area (Å²) in [6.45, 7) is 2.15. The van der Waals surface area contributed by atoms with Crippen molar-refractivity contribution in [3.8, 4) is 39.5 Å². The van der Waals surface area contributed by atoms with Crippen LogP contribution in [-0.2, 0) is 7.05 Å². The smallest absolute Gasteiger partial charge is 0.262 e. The number of rotatable bonds is 3. The monoisotopic (exact) mass is 499 g/mol. The molecule has 1 aliphatic heterocycles. The van der Waals surface area contributed by atoms with Crippen LogP contribution in [0, 0.1) is 6.92 Å². The van der Waals surface area contributed by atoms with Gasteiger partial charge in [-0.3, -0.25) is 4.79 Å². The van der Waals surface area contributed by atoms with Crippen LogP contribution in [0.4, 0.5) is 0 Å². The molecule has 5 heteroatoms. The molecule has 0 fully saturated rings. The van der Waals surface area contributed by atoms with E-state index in [-0.39, 0.29) is 12.4 Å². The van der Waals surface area contributed by atoms with Crippen LogP contribution in [0.3, 0.4) is 0 Å². The predicted molar refractivity (Wildman–Crippen MR) is 152 cm³/mol. The summed E-state index contributed by atoms with van der Waals surface area (Å²) in [6.07, 6.45) is 0. The summed E-state index contributed by atoms with van der Waals surface area (Å²) in [6, 6.07) is 29.2. The van der Waals surface area contributed by atoms with E-state index in [2.05, 4.69) is 66.7 Å². The average Bonchev–Trinajstić information content (AvgIpc) is 3.44. The molecule has 7 rings (SSSR count). The lowest BCUT2D eigenvalue weighted by Gasteiger charge is -2.18. The lowest BCUT2D eigenvalue weighted by molar-refractivity contribution is 0.174. The molecule has 2 heterocycles. The van der Waals surface area contributed by atoms with E-state index < -0.39 is 0 Å². The van der Waals surface area contributed by atoms with Gasteiger partial charge < -0.3 is 18.8 Å². The molecule has 0 amide bonds. The van der Waals surface area contributed by atoms with E-state index in [1.807, 2.05) is 32.2 Å². The SMILES string of the molecule is COc1cc2c(-c3ccc(-c4ccccc4)cc3)cc3c4ccc5c(c4c(=O)n(C)c3c2cc1C)OCO5. The Hall–Kier alpha value is -4.77. The zero-order valence-corrected chi connectivity index (χ0v) is 21.4. The summed E-state index contributed by atoms with van der Waals surface area (Å²) in [5, 5.41) is 4.42. The van der Waals surface area contributed by atoms with Gasteiger partial charge in [-0.25, -0.2) is 0 Å². The van der Waals surface area contributed by atoms with Crippen LogP contribution in [0.1, 0.15) is 5.56 Å². The molecule has 0 saturated heterocycles. The van der Waals surface area contributed by atoms with Gasteiger partial charge in [0, 0.05) is 23.2 Å². The molecular formula is C33H25NO4. The summed E-state index contributed by atoms with van der Waals surface area (Å²) < 4.78 is 18.8. The van der Waals surface area contributed by atoms with Gasteiger partial charge in [0.15, 0.2) is 11.5 Å². The van der Waals surface area contributed by atoms with Crippen LogP contribution in [0.15, 0.2) is 89.7 Å². The zero-order chi connectivity index (χ0) is 26.0. The van der Waals surface area contributed by atoms with Crippen molar-refractivity contribution in [2.75, 3.05) is 13.9 Å². The van der Waals surface area contributed by atoms with E-state index in [4.69, 9.17) is 14.2 Å². The van der Waals surface area contributed by atoms with Crippen LogP contribution in [0.5, 0.6) is 17.2 Å². The number of aryl methyl sites for hydroxylation is 2. The fourth-order valence-electron chi connectivity index (χ4n) is 5.72. The molecule has 5 aromatic carbocycles. The number of methoxy groups -OCH3 is 1. The first-order chi connectivity index (χ1) is 18.5. The van der Waals surface area contributed by atoms with E-state index in [1.165, 1.54) is 5.56 Å². The van der Waals surface area contributed by atoms with Gasteiger partial charge in [0.1, 0.15) is 5.75 Å². The van der Waals surface area contributed by atoms with Crippen molar-refractivity contribution in [1.82, 2.24) is 4.57 Å². The molecule has 0 radical (unpaired) electrons. The molecule has 0 N–H and O–H groups in total. The Morgan fingerprint density at radius 1 is 0.763 bits per heavy atom. The molecule has 38 heavy (non-hydrogen) atoms. The lowest BCUT2D eigenvalue weighted by Crippen LogP contribution is -2.18. The molecule has 1 aromatic heterocycles. The second-order valence-corrected chi connectivity index (χ2v) is 9.72. The zero-order valence-electron chi connectivity index (χ0n) is 21.4. The van der Waals surface area contributed by atoms with Crippen molar-refractivity contribution in [1.29, 1.82) is 0 Å². The molecule has 6 aromatic rings. The topological polar surface area (TPSA) is 49.7 Å². The van der Waals surface area contributed by atoms with Crippen molar-refractivity contribution in [3.63, 3.8) is 0 Å². The minimum absolute atomic E-state index is 0.107. The number of hydrogen-bond acceptors (Lipinski definition) is 4. The third-order valence-electron chi connectivity index (χ3n) is 7.61. The third kappa shape index (κ3) is 3.21. The molecule has 5 nitrogen and oxygen atoms in total. The lowest BCUT2D eigenvalue weighted by atomic mass is 9.91. The van der Waals surface area contributed by atoms with Crippen molar-refractivity contribution in [2.45, 2.75) is 6.92 Å². The van der Waals surface area contributed by atoms with Crippen molar-refractivity contribution in [3.05, 3.63) is 101 Å². The Bertz CT molecular complexity index is 1960. The Morgan fingerprint density at radius 3 is 2.24 bits per heavy atom. The molecule has 0 unspecified atom stereocenters. The van der Waals surface area contributed by atoms with Crippen LogP contribution < -0.4 is 19.8 Å². The van der Waals surface area contributed by atoms with Gasteiger partial charge in [0.25, 0.3) is 5.56 Å².